The van der Waals surface area contributed by atoms with E-state index in [1.54, 1.807) is 0 Å². The van der Waals surface area contributed by atoms with Crippen LogP contribution in [-0.4, -0.2) is 16.1 Å². The Labute approximate surface area is 79.0 Å². The molecule has 72 valence electrons. The number of aromatic nitrogens is 2. The van der Waals surface area contributed by atoms with Gasteiger partial charge in [-0.2, -0.15) is 0 Å². The third-order valence-electron chi connectivity index (χ3n) is 3.06. The summed E-state index contributed by atoms with van der Waals surface area (Å²) in [5, 5.41) is 0. The molecule has 0 aliphatic heterocycles. The van der Waals surface area contributed by atoms with Crippen molar-refractivity contribution in [3.63, 3.8) is 0 Å². The molecule has 1 heterocycles. The van der Waals surface area contributed by atoms with Gasteiger partial charge in [-0.1, -0.05) is 0 Å². The molecule has 1 saturated carbocycles. The molecule has 3 heteroatoms. The Balaban J connectivity index is 2.02. The summed E-state index contributed by atoms with van der Waals surface area (Å²) in [5.41, 5.74) is 6.11. The fraction of sp³-hybridized carbons (Fsp3) is 0.700. The lowest BCUT2D eigenvalue weighted by atomic mass is 10.0. The lowest BCUT2D eigenvalue weighted by Crippen LogP contribution is -2.16. The Bertz CT molecular complexity index is 286. The molecule has 1 fully saturated rings. The van der Waals surface area contributed by atoms with Gasteiger partial charge in [0.1, 0.15) is 5.82 Å². The van der Waals surface area contributed by atoms with Gasteiger partial charge in [0.05, 0.1) is 0 Å². The second kappa shape index (κ2) is 3.14. The fourth-order valence-corrected chi connectivity index (χ4v) is 1.90. The molecule has 2 rings (SSSR count). The molecule has 0 unspecified atom stereocenters. The van der Waals surface area contributed by atoms with Gasteiger partial charge in [0.25, 0.3) is 0 Å². The second-order valence-electron chi connectivity index (χ2n) is 4.14. The first-order valence-electron chi connectivity index (χ1n) is 4.94. The van der Waals surface area contributed by atoms with Crippen molar-refractivity contribution >= 4 is 0 Å². The van der Waals surface area contributed by atoms with Gasteiger partial charge in [-0.3, -0.25) is 0 Å². The maximum atomic E-state index is 5.60. The molecule has 3 nitrogen and oxygen atoms in total. The van der Waals surface area contributed by atoms with Gasteiger partial charge in [0.15, 0.2) is 0 Å². The van der Waals surface area contributed by atoms with Crippen LogP contribution in [-0.2, 0) is 6.54 Å². The number of nitrogens with zero attached hydrogens (tertiary/aromatic N) is 2. The average molecular weight is 179 g/mol. The lowest BCUT2D eigenvalue weighted by molar-refractivity contribution is 0.393. The van der Waals surface area contributed by atoms with E-state index in [0.29, 0.717) is 5.41 Å². The van der Waals surface area contributed by atoms with E-state index in [0.717, 1.165) is 25.3 Å². The molecule has 0 amide bonds. The molecule has 0 radical (unpaired) electrons. The first-order valence-corrected chi connectivity index (χ1v) is 4.94. The van der Waals surface area contributed by atoms with Crippen molar-refractivity contribution in [2.75, 3.05) is 6.54 Å². The van der Waals surface area contributed by atoms with Gasteiger partial charge in [-0.25, -0.2) is 4.98 Å². The molecule has 1 aromatic heterocycles. The SMILES string of the molecule is Cc1nccn1CC1(CCN)CC1. The van der Waals surface area contributed by atoms with Crippen LogP contribution in [0.25, 0.3) is 0 Å². The van der Waals surface area contributed by atoms with Gasteiger partial charge >= 0.3 is 0 Å². The van der Waals surface area contributed by atoms with Crippen LogP contribution >= 0.6 is 0 Å². The predicted octanol–water partition coefficient (Wildman–Crippen LogP) is 1.32. The van der Waals surface area contributed by atoms with E-state index >= 15 is 0 Å². The Kier molecular flexibility index (Phi) is 2.12. The third-order valence-corrected chi connectivity index (χ3v) is 3.06. The Morgan fingerprint density at radius 1 is 1.62 bits per heavy atom. The van der Waals surface area contributed by atoms with Gasteiger partial charge in [0, 0.05) is 18.9 Å². The van der Waals surface area contributed by atoms with E-state index in [4.69, 9.17) is 5.73 Å². The minimum atomic E-state index is 0.514. The van der Waals surface area contributed by atoms with Crippen molar-refractivity contribution in [2.24, 2.45) is 11.1 Å². The highest BCUT2D eigenvalue weighted by molar-refractivity contribution is 4.98. The summed E-state index contributed by atoms with van der Waals surface area (Å²) in [6.07, 6.45) is 7.76. The molecule has 1 aliphatic carbocycles. The van der Waals surface area contributed by atoms with Crippen LogP contribution in [0.5, 0.6) is 0 Å². The van der Waals surface area contributed by atoms with Crippen LogP contribution in [0.1, 0.15) is 25.1 Å². The van der Waals surface area contributed by atoms with Crippen LogP contribution in [0.15, 0.2) is 12.4 Å². The Hall–Kier alpha value is -0.830. The molecule has 0 aromatic carbocycles. The number of rotatable bonds is 4. The number of aryl methyl sites for hydroxylation is 1. The van der Waals surface area contributed by atoms with Crippen LogP contribution in [0.2, 0.25) is 0 Å². The molecule has 0 atom stereocenters. The standard InChI is InChI=1S/C10H17N3/c1-9-12-6-7-13(9)8-10(2-3-10)4-5-11/h6-7H,2-5,8,11H2,1H3. The van der Waals surface area contributed by atoms with Crippen molar-refractivity contribution in [1.82, 2.24) is 9.55 Å². The normalized spacial score (nSPS) is 18.9. The molecule has 2 N–H and O–H groups in total. The van der Waals surface area contributed by atoms with E-state index in [-0.39, 0.29) is 0 Å². The van der Waals surface area contributed by atoms with Crippen LogP contribution in [0, 0.1) is 12.3 Å². The number of imidazole rings is 1. The van der Waals surface area contributed by atoms with Crippen LogP contribution in [0.4, 0.5) is 0 Å². The molecular weight excluding hydrogens is 162 g/mol. The highest BCUT2D eigenvalue weighted by Crippen LogP contribution is 2.49. The summed E-state index contributed by atoms with van der Waals surface area (Å²) in [4.78, 5) is 4.22. The summed E-state index contributed by atoms with van der Waals surface area (Å²) in [6.45, 7) is 3.97. The third kappa shape index (κ3) is 1.75. The largest absolute Gasteiger partial charge is 0.335 e. The highest BCUT2D eigenvalue weighted by atomic mass is 15.1. The maximum absolute atomic E-state index is 5.60. The predicted molar refractivity (Wildman–Crippen MR) is 52.3 cm³/mol. The van der Waals surface area contributed by atoms with Crippen molar-refractivity contribution in [2.45, 2.75) is 32.7 Å². The summed E-state index contributed by atoms with van der Waals surface area (Å²) < 4.78 is 2.24. The van der Waals surface area contributed by atoms with E-state index in [2.05, 4.69) is 22.7 Å². The second-order valence-corrected chi connectivity index (χ2v) is 4.14. The zero-order valence-electron chi connectivity index (χ0n) is 8.16. The maximum Gasteiger partial charge on any atom is 0.105 e. The topological polar surface area (TPSA) is 43.8 Å². The summed E-state index contributed by atoms with van der Waals surface area (Å²) in [7, 11) is 0. The molecular formula is C10H17N3. The highest BCUT2D eigenvalue weighted by Gasteiger charge is 2.41. The number of hydrogen-bond donors (Lipinski definition) is 1. The number of nitrogens with two attached hydrogens (primary N) is 1. The van der Waals surface area contributed by atoms with Crippen LogP contribution in [0.3, 0.4) is 0 Å². The fourth-order valence-electron chi connectivity index (χ4n) is 1.90. The smallest absolute Gasteiger partial charge is 0.105 e. The summed E-state index contributed by atoms with van der Waals surface area (Å²) in [5.74, 6) is 1.11. The van der Waals surface area contributed by atoms with Crippen molar-refractivity contribution in [1.29, 1.82) is 0 Å². The van der Waals surface area contributed by atoms with Gasteiger partial charge in [-0.05, 0) is 38.1 Å². The molecule has 0 saturated heterocycles. The minimum absolute atomic E-state index is 0.514. The zero-order valence-corrected chi connectivity index (χ0v) is 8.16. The lowest BCUT2D eigenvalue weighted by Gasteiger charge is -2.15. The van der Waals surface area contributed by atoms with Crippen molar-refractivity contribution in [3.05, 3.63) is 18.2 Å². The van der Waals surface area contributed by atoms with E-state index < -0.39 is 0 Å². The van der Waals surface area contributed by atoms with Crippen molar-refractivity contribution in [3.8, 4) is 0 Å². The van der Waals surface area contributed by atoms with Crippen LogP contribution < -0.4 is 5.73 Å². The Morgan fingerprint density at radius 3 is 2.85 bits per heavy atom. The number of hydrogen-bond acceptors (Lipinski definition) is 2. The minimum Gasteiger partial charge on any atom is -0.335 e. The Morgan fingerprint density at radius 2 is 2.38 bits per heavy atom. The first kappa shape index (κ1) is 8.75. The average Bonchev–Trinajstić information content (AvgIpc) is 2.73. The van der Waals surface area contributed by atoms with E-state index in [1.165, 1.54) is 12.8 Å². The first-order chi connectivity index (χ1) is 6.26. The quantitative estimate of drug-likeness (QED) is 0.757. The molecule has 1 aromatic rings. The molecule has 0 spiro atoms. The molecule has 13 heavy (non-hydrogen) atoms. The van der Waals surface area contributed by atoms with E-state index in [9.17, 15) is 0 Å². The van der Waals surface area contributed by atoms with Gasteiger partial charge < -0.3 is 10.3 Å². The summed E-state index contributed by atoms with van der Waals surface area (Å²) >= 11 is 0. The zero-order chi connectivity index (χ0) is 9.31. The van der Waals surface area contributed by atoms with Gasteiger partial charge in [0.2, 0.25) is 0 Å². The van der Waals surface area contributed by atoms with Gasteiger partial charge in [-0.15, -0.1) is 0 Å². The van der Waals surface area contributed by atoms with E-state index in [1.807, 2.05) is 6.20 Å². The molecule has 1 aliphatic rings. The molecule has 0 bridgehead atoms. The van der Waals surface area contributed by atoms with Crippen molar-refractivity contribution < 1.29 is 0 Å². The summed E-state index contributed by atoms with van der Waals surface area (Å²) in [6, 6.07) is 0. The monoisotopic (exact) mass is 179 g/mol.